The molecule has 1 saturated carbocycles. The summed E-state index contributed by atoms with van der Waals surface area (Å²) in [5.74, 6) is -0.229. The van der Waals surface area contributed by atoms with E-state index in [9.17, 15) is 14.7 Å². The van der Waals surface area contributed by atoms with Crippen LogP contribution in [0.2, 0.25) is 0 Å². The van der Waals surface area contributed by atoms with Crippen LogP contribution in [0.4, 0.5) is 11.4 Å². The maximum absolute atomic E-state index is 12.2. The van der Waals surface area contributed by atoms with Crippen molar-refractivity contribution < 1.29 is 14.7 Å². The first-order chi connectivity index (χ1) is 11.0. The highest BCUT2D eigenvalue weighted by molar-refractivity contribution is 6.06. The van der Waals surface area contributed by atoms with Crippen molar-refractivity contribution in [3.63, 3.8) is 0 Å². The second-order valence-corrected chi connectivity index (χ2v) is 5.82. The Morgan fingerprint density at radius 3 is 2.22 bits per heavy atom. The largest absolute Gasteiger partial charge is 0.507 e. The number of phenols is 1. The lowest BCUT2D eigenvalue weighted by Crippen LogP contribution is -2.14. The van der Waals surface area contributed by atoms with E-state index in [0.717, 1.165) is 18.4 Å². The van der Waals surface area contributed by atoms with Gasteiger partial charge in [-0.05, 0) is 56.2 Å². The Kier molecular flexibility index (Phi) is 4.02. The zero-order valence-corrected chi connectivity index (χ0v) is 12.8. The molecule has 2 aromatic rings. The molecule has 3 N–H and O–H groups in total. The molecule has 2 aromatic carbocycles. The summed E-state index contributed by atoms with van der Waals surface area (Å²) in [6.45, 7) is 1.85. The topological polar surface area (TPSA) is 78.4 Å². The number of amides is 2. The Morgan fingerprint density at radius 2 is 1.61 bits per heavy atom. The fraction of sp³-hybridized carbons (Fsp3) is 0.222. The summed E-state index contributed by atoms with van der Waals surface area (Å²) in [5.41, 5.74) is 2.43. The fourth-order valence-electron chi connectivity index (χ4n) is 2.26. The summed E-state index contributed by atoms with van der Waals surface area (Å²) in [5, 5.41) is 15.3. The summed E-state index contributed by atoms with van der Waals surface area (Å²) in [6, 6.07) is 11.8. The molecule has 5 nitrogen and oxygen atoms in total. The fourth-order valence-corrected chi connectivity index (χ4v) is 2.26. The van der Waals surface area contributed by atoms with Gasteiger partial charge in [-0.2, -0.15) is 0 Å². The first-order valence-corrected chi connectivity index (χ1v) is 7.55. The van der Waals surface area contributed by atoms with Gasteiger partial charge in [0.25, 0.3) is 5.91 Å². The Labute approximate surface area is 134 Å². The van der Waals surface area contributed by atoms with Crippen LogP contribution in [-0.4, -0.2) is 16.9 Å². The number of carbonyl (C=O) groups excluding carboxylic acids is 2. The lowest BCUT2D eigenvalue weighted by molar-refractivity contribution is -0.117. The number of nitrogens with one attached hydrogen (secondary N) is 2. The van der Waals surface area contributed by atoms with Gasteiger partial charge in [-0.25, -0.2) is 0 Å². The minimum absolute atomic E-state index is 0.0477. The number of benzene rings is 2. The van der Waals surface area contributed by atoms with E-state index in [1.165, 1.54) is 6.07 Å². The van der Waals surface area contributed by atoms with Crippen LogP contribution >= 0.6 is 0 Å². The smallest absolute Gasteiger partial charge is 0.259 e. The molecule has 0 heterocycles. The third-order valence-corrected chi connectivity index (χ3v) is 3.76. The molecule has 0 saturated heterocycles. The van der Waals surface area contributed by atoms with Crippen molar-refractivity contribution in [1.29, 1.82) is 0 Å². The SMILES string of the molecule is Cc1ccc(O)c(C(=O)Nc2ccc(NC(=O)C3CC3)cc2)c1. The van der Waals surface area contributed by atoms with Crippen molar-refractivity contribution in [2.24, 2.45) is 5.92 Å². The van der Waals surface area contributed by atoms with E-state index in [1.807, 2.05) is 6.92 Å². The van der Waals surface area contributed by atoms with E-state index >= 15 is 0 Å². The van der Waals surface area contributed by atoms with Crippen molar-refractivity contribution in [3.05, 3.63) is 53.6 Å². The van der Waals surface area contributed by atoms with Crippen molar-refractivity contribution in [3.8, 4) is 5.75 Å². The molecule has 0 radical (unpaired) electrons. The number of anilines is 2. The third-order valence-electron chi connectivity index (χ3n) is 3.76. The van der Waals surface area contributed by atoms with Crippen molar-refractivity contribution >= 4 is 23.2 Å². The number of carbonyl (C=O) groups is 2. The molecule has 0 unspecified atom stereocenters. The molecular formula is C18H18N2O3. The van der Waals surface area contributed by atoms with E-state index in [0.29, 0.717) is 11.4 Å². The van der Waals surface area contributed by atoms with Gasteiger partial charge in [0.2, 0.25) is 5.91 Å². The van der Waals surface area contributed by atoms with Crippen LogP contribution in [-0.2, 0) is 4.79 Å². The summed E-state index contributed by atoms with van der Waals surface area (Å²) in [7, 11) is 0. The van der Waals surface area contributed by atoms with Gasteiger partial charge >= 0.3 is 0 Å². The van der Waals surface area contributed by atoms with Gasteiger partial charge < -0.3 is 15.7 Å². The Morgan fingerprint density at radius 1 is 1.00 bits per heavy atom. The van der Waals surface area contributed by atoms with Crippen molar-refractivity contribution in [1.82, 2.24) is 0 Å². The van der Waals surface area contributed by atoms with E-state index in [-0.39, 0.29) is 29.0 Å². The Hall–Kier alpha value is -2.82. The first kappa shape index (κ1) is 15.1. The number of aryl methyl sites for hydroxylation is 1. The van der Waals surface area contributed by atoms with Crippen molar-refractivity contribution in [2.75, 3.05) is 10.6 Å². The zero-order chi connectivity index (χ0) is 16.4. The molecule has 0 atom stereocenters. The number of rotatable bonds is 4. The van der Waals surface area contributed by atoms with Gasteiger partial charge in [0.05, 0.1) is 5.56 Å². The highest BCUT2D eigenvalue weighted by Crippen LogP contribution is 2.30. The molecule has 0 spiro atoms. The molecule has 23 heavy (non-hydrogen) atoms. The molecule has 1 aliphatic carbocycles. The first-order valence-electron chi connectivity index (χ1n) is 7.55. The van der Waals surface area contributed by atoms with Crippen LogP contribution in [0.1, 0.15) is 28.8 Å². The molecule has 0 aromatic heterocycles. The van der Waals surface area contributed by atoms with Gasteiger partial charge in [0.1, 0.15) is 5.75 Å². The van der Waals surface area contributed by atoms with Crippen LogP contribution in [0, 0.1) is 12.8 Å². The number of hydrogen-bond acceptors (Lipinski definition) is 3. The third kappa shape index (κ3) is 3.69. The second kappa shape index (κ2) is 6.12. The molecule has 0 aliphatic heterocycles. The van der Waals surface area contributed by atoms with Gasteiger partial charge in [-0.1, -0.05) is 11.6 Å². The second-order valence-electron chi connectivity index (χ2n) is 5.82. The van der Waals surface area contributed by atoms with Gasteiger partial charge in [-0.15, -0.1) is 0 Å². The van der Waals surface area contributed by atoms with Gasteiger partial charge in [-0.3, -0.25) is 9.59 Å². The predicted molar refractivity (Wildman–Crippen MR) is 88.6 cm³/mol. The monoisotopic (exact) mass is 310 g/mol. The molecule has 3 rings (SSSR count). The van der Waals surface area contributed by atoms with Crippen LogP contribution in [0.25, 0.3) is 0 Å². The molecule has 118 valence electrons. The molecule has 1 fully saturated rings. The Bertz CT molecular complexity index is 749. The minimum atomic E-state index is -0.374. The summed E-state index contributed by atoms with van der Waals surface area (Å²) in [6.07, 6.45) is 1.92. The van der Waals surface area contributed by atoms with Crippen molar-refractivity contribution in [2.45, 2.75) is 19.8 Å². The summed E-state index contributed by atoms with van der Waals surface area (Å²) < 4.78 is 0. The average molecular weight is 310 g/mol. The quantitative estimate of drug-likeness (QED) is 0.810. The number of aromatic hydroxyl groups is 1. The maximum atomic E-state index is 12.2. The van der Waals surface area contributed by atoms with Crippen LogP contribution in [0.3, 0.4) is 0 Å². The molecule has 2 amide bonds. The lowest BCUT2D eigenvalue weighted by Gasteiger charge is -2.09. The molecule has 5 heteroatoms. The summed E-state index contributed by atoms with van der Waals surface area (Å²) >= 11 is 0. The Balaban J connectivity index is 1.66. The maximum Gasteiger partial charge on any atom is 0.259 e. The lowest BCUT2D eigenvalue weighted by atomic mass is 10.1. The number of phenolic OH excluding ortho intramolecular Hbond substituents is 1. The molecular weight excluding hydrogens is 292 g/mol. The normalized spacial score (nSPS) is 13.4. The highest BCUT2D eigenvalue weighted by atomic mass is 16.3. The zero-order valence-electron chi connectivity index (χ0n) is 12.8. The van der Waals surface area contributed by atoms with Crippen LogP contribution < -0.4 is 10.6 Å². The number of hydrogen-bond donors (Lipinski definition) is 3. The van der Waals surface area contributed by atoms with Crippen LogP contribution in [0.15, 0.2) is 42.5 Å². The van der Waals surface area contributed by atoms with Crippen LogP contribution in [0.5, 0.6) is 5.75 Å². The standard InChI is InChI=1S/C18H18N2O3/c1-11-2-9-16(21)15(10-11)18(23)20-14-7-5-13(6-8-14)19-17(22)12-3-4-12/h2,5-10,12,21H,3-4H2,1H3,(H,19,22)(H,20,23). The van der Waals surface area contributed by atoms with E-state index in [2.05, 4.69) is 10.6 Å². The average Bonchev–Trinajstić information content (AvgIpc) is 3.36. The minimum Gasteiger partial charge on any atom is -0.507 e. The highest BCUT2D eigenvalue weighted by Gasteiger charge is 2.29. The van der Waals surface area contributed by atoms with E-state index in [1.54, 1.807) is 36.4 Å². The molecule has 0 bridgehead atoms. The van der Waals surface area contributed by atoms with E-state index in [4.69, 9.17) is 0 Å². The van der Waals surface area contributed by atoms with E-state index < -0.39 is 0 Å². The predicted octanol–water partition coefficient (Wildman–Crippen LogP) is 3.30. The molecule has 1 aliphatic rings. The summed E-state index contributed by atoms with van der Waals surface area (Å²) in [4.78, 5) is 23.9. The van der Waals surface area contributed by atoms with Gasteiger partial charge in [0.15, 0.2) is 0 Å². The van der Waals surface area contributed by atoms with Gasteiger partial charge in [0, 0.05) is 17.3 Å².